The monoisotopic (exact) mass is 413 g/mol. The van der Waals surface area contributed by atoms with Gasteiger partial charge in [0.25, 0.3) is 0 Å². The normalized spacial score (nSPS) is 13.4. The van der Waals surface area contributed by atoms with Crippen LogP contribution >= 0.6 is 34.8 Å². The van der Waals surface area contributed by atoms with E-state index in [0.29, 0.717) is 11.4 Å². The number of carbonyl (C=O) groups excluding carboxylic acids is 1. The van der Waals surface area contributed by atoms with Crippen molar-refractivity contribution in [3.63, 3.8) is 0 Å². The summed E-state index contributed by atoms with van der Waals surface area (Å²) in [7, 11) is 0. The van der Waals surface area contributed by atoms with Crippen LogP contribution in [0.25, 0.3) is 21.3 Å². The van der Waals surface area contributed by atoms with E-state index >= 15 is 0 Å². The summed E-state index contributed by atoms with van der Waals surface area (Å²) in [6, 6.07) is 5.62. The molecular weight excluding hydrogens is 398 g/mol. The predicted octanol–water partition coefficient (Wildman–Crippen LogP) is 4.22. The number of amides is 1. The van der Waals surface area contributed by atoms with Gasteiger partial charge in [-0.3, -0.25) is 4.79 Å². The van der Waals surface area contributed by atoms with Gasteiger partial charge in [0, 0.05) is 10.3 Å². The van der Waals surface area contributed by atoms with Gasteiger partial charge < -0.3 is 5.32 Å². The Bertz CT molecular complexity index is 1180. The van der Waals surface area contributed by atoms with Gasteiger partial charge in [0.05, 0.1) is 23.2 Å². The summed E-state index contributed by atoms with van der Waals surface area (Å²) in [5, 5.41) is 5.03. The van der Waals surface area contributed by atoms with Crippen molar-refractivity contribution in [3.05, 3.63) is 34.5 Å². The molecule has 0 fully saturated rings. The molecular formula is C18H15N5OS3. The van der Waals surface area contributed by atoms with E-state index < -0.39 is 0 Å². The van der Waals surface area contributed by atoms with Gasteiger partial charge in [0.15, 0.2) is 0 Å². The largest absolute Gasteiger partial charge is 0.323 e. The van der Waals surface area contributed by atoms with Crippen molar-refractivity contribution in [2.24, 2.45) is 0 Å². The molecule has 0 radical (unpaired) electrons. The van der Waals surface area contributed by atoms with Crippen molar-refractivity contribution >= 4 is 67.7 Å². The number of thiophene rings is 1. The van der Waals surface area contributed by atoms with Crippen LogP contribution in [0.15, 0.2) is 23.2 Å². The van der Waals surface area contributed by atoms with Gasteiger partial charge in [0.2, 0.25) is 5.91 Å². The first-order valence-corrected chi connectivity index (χ1v) is 11.1. The number of benzene rings is 1. The Kier molecular flexibility index (Phi) is 4.30. The zero-order valence-electron chi connectivity index (χ0n) is 14.5. The molecule has 3 aromatic heterocycles. The summed E-state index contributed by atoms with van der Waals surface area (Å²) in [4.78, 5) is 24.2. The molecule has 1 amide bonds. The van der Waals surface area contributed by atoms with Crippen LogP contribution in [0, 0.1) is 6.92 Å². The van der Waals surface area contributed by atoms with E-state index in [2.05, 4.69) is 24.0 Å². The summed E-state index contributed by atoms with van der Waals surface area (Å²) in [6.45, 7) is 1.91. The lowest BCUT2D eigenvalue weighted by atomic mass is 10.2. The maximum absolute atomic E-state index is 12.5. The van der Waals surface area contributed by atoms with Crippen LogP contribution in [0.2, 0.25) is 0 Å². The van der Waals surface area contributed by atoms with E-state index in [9.17, 15) is 4.79 Å². The number of thioether (sulfide) groups is 1. The third-order valence-corrected chi connectivity index (χ3v) is 7.25. The number of aromatic nitrogens is 4. The lowest BCUT2D eigenvalue weighted by Gasteiger charge is -2.07. The molecule has 0 unspecified atom stereocenters. The minimum Gasteiger partial charge on any atom is -0.323 e. The number of nitrogens with one attached hydrogen (secondary N) is 1. The van der Waals surface area contributed by atoms with Gasteiger partial charge in [-0.15, -0.1) is 11.3 Å². The quantitative estimate of drug-likeness (QED) is 0.398. The number of hydrogen-bond donors (Lipinski definition) is 1. The molecule has 0 saturated carbocycles. The van der Waals surface area contributed by atoms with E-state index in [1.165, 1.54) is 28.6 Å². The Morgan fingerprint density at radius 3 is 3.11 bits per heavy atom. The van der Waals surface area contributed by atoms with Gasteiger partial charge in [0.1, 0.15) is 26.7 Å². The average Bonchev–Trinajstić information content (AvgIpc) is 3.34. The molecule has 4 aromatic rings. The highest BCUT2D eigenvalue weighted by molar-refractivity contribution is 8.00. The second-order valence-corrected chi connectivity index (χ2v) is 8.96. The van der Waals surface area contributed by atoms with E-state index in [0.717, 1.165) is 56.7 Å². The fourth-order valence-electron chi connectivity index (χ4n) is 3.40. The first-order valence-electron chi connectivity index (χ1n) is 8.62. The smallest absolute Gasteiger partial charge is 0.234 e. The van der Waals surface area contributed by atoms with E-state index in [-0.39, 0.29) is 5.91 Å². The molecule has 136 valence electrons. The summed E-state index contributed by atoms with van der Waals surface area (Å²) >= 11 is 4.40. The van der Waals surface area contributed by atoms with Crippen LogP contribution in [0.4, 0.5) is 5.69 Å². The molecule has 5 rings (SSSR count). The molecule has 0 aliphatic heterocycles. The minimum atomic E-state index is -0.0724. The summed E-state index contributed by atoms with van der Waals surface area (Å²) in [6.07, 6.45) is 3.41. The first kappa shape index (κ1) is 17.0. The third-order valence-electron chi connectivity index (χ3n) is 4.54. The van der Waals surface area contributed by atoms with Crippen molar-refractivity contribution in [1.29, 1.82) is 0 Å². The standard InChI is InChI=1S/C18H15N5OS3/c1-9-19-17(15-10-4-2-7-13(10)26-18(15)20-9)25-8-14(24)21-11-5-3-6-12-16(11)23-27-22-12/h3,5-6H,2,4,7-8H2,1H3,(H,21,24). The van der Waals surface area contributed by atoms with Crippen LogP contribution in [-0.2, 0) is 17.6 Å². The summed E-state index contributed by atoms with van der Waals surface area (Å²) < 4.78 is 8.47. The van der Waals surface area contributed by atoms with Crippen LogP contribution in [0.1, 0.15) is 22.7 Å². The lowest BCUT2D eigenvalue weighted by Crippen LogP contribution is -2.14. The number of rotatable bonds is 4. The van der Waals surface area contributed by atoms with Crippen LogP contribution in [0.3, 0.4) is 0 Å². The zero-order valence-corrected chi connectivity index (χ0v) is 16.9. The van der Waals surface area contributed by atoms with E-state index in [4.69, 9.17) is 0 Å². The second-order valence-electron chi connectivity index (χ2n) is 6.39. The SMILES string of the molecule is Cc1nc(SCC(=O)Nc2cccc3nsnc23)c2c3c(sc2n1)CCC3. The fourth-order valence-corrected chi connectivity index (χ4v) is 6.22. The highest BCUT2D eigenvalue weighted by Crippen LogP contribution is 2.40. The molecule has 6 nitrogen and oxygen atoms in total. The van der Waals surface area contributed by atoms with Crippen molar-refractivity contribution in [1.82, 2.24) is 18.7 Å². The van der Waals surface area contributed by atoms with Crippen molar-refractivity contribution in [2.45, 2.75) is 31.2 Å². The molecule has 3 heterocycles. The maximum atomic E-state index is 12.5. The molecule has 0 saturated heterocycles. The molecule has 27 heavy (non-hydrogen) atoms. The molecule has 0 atom stereocenters. The number of fused-ring (bicyclic) bond motifs is 4. The Balaban J connectivity index is 1.38. The molecule has 1 aliphatic rings. The van der Waals surface area contributed by atoms with Crippen LogP contribution in [0.5, 0.6) is 0 Å². The Morgan fingerprint density at radius 1 is 1.26 bits per heavy atom. The van der Waals surface area contributed by atoms with Crippen molar-refractivity contribution in [3.8, 4) is 0 Å². The molecule has 9 heteroatoms. The first-order chi connectivity index (χ1) is 13.2. The van der Waals surface area contributed by atoms with Gasteiger partial charge in [-0.05, 0) is 43.9 Å². The molecule has 1 aliphatic carbocycles. The van der Waals surface area contributed by atoms with Crippen molar-refractivity contribution in [2.75, 3.05) is 11.1 Å². The number of hydrogen-bond acceptors (Lipinski definition) is 8. The molecule has 1 N–H and O–H groups in total. The number of aryl methyl sites for hydroxylation is 3. The number of anilines is 1. The molecule has 0 spiro atoms. The summed E-state index contributed by atoms with van der Waals surface area (Å²) in [5.74, 6) is 0.977. The highest BCUT2D eigenvalue weighted by Gasteiger charge is 2.22. The van der Waals surface area contributed by atoms with Crippen molar-refractivity contribution < 1.29 is 4.79 Å². The predicted molar refractivity (Wildman–Crippen MR) is 111 cm³/mol. The summed E-state index contributed by atoms with van der Waals surface area (Å²) in [5.41, 5.74) is 3.62. The Labute approximate surface area is 167 Å². The molecule has 1 aromatic carbocycles. The fraction of sp³-hybridized carbons (Fsp3) is 0.278. The van der Waals surface area contributed by atoms with Crippen LogP contribution < -0.4 is 5.32 Å². The van der Waals surface area contributed by atoms with E-state index in [1.54, 1.807) is 11.3 Å². The number of nitrogens with zero attached hydrogens (tertiary/aromatic N) is 4. The maximum Gasteiger partial charge on any atom is 0.234 e. The van der Waals surface area contributed by atoms with Gasteiger partial charge in [-0.1, -0.05) is 17.8 Å². The minimum absolute atomic E-state index is 0.0724. The Morgan fingerprint density at radius 2 is 2.19 bits per heavy atom. The van der Waals surface area contributed by atoms with Gasteiger partial charge in [-0.25, -0.2) is 9.97 Å². The molecule has 0 bridgehead atoms. The highest BCUT2D eigenvalue weighted by atomic mass is 32.2. The second kappa shape index (κ2) is 6.81. The average molecular weight is 414 g/mol. The lowest BCUT2D eigenvalue weighted by molar-refractivity contribution is -0.113. The number of carbonyl (C=O) groups is 1. The van der Waals surface area contributed by atoms with Gasteiger partial charge >= 0.3 is 0 Å². The topological polar surface area (TPSA) is 80.7 Å². The zero-order chi connectivity index (χ0) is 18.4. The van der Waals surface area contributed by atoms with E-state index in [1.807, 2.05) is 25.1 Å². The van der Waals surface area contributed by atoms with Gasteiger partial charge in [-0.2, -0.15) is 8.75 Å². The third kappa shape index (κ3) is 3.09. The Hall–Kier alpha value is -2.10. The van der Waals surface area contributed by atoms with Crippen LogP contribution in [-0.4, -0.2) is 30.4 Å².